The zero-order valence-electron chi connectivity index (χ0n) is 16.2. The van der Waals surface area contributed by atoms with Crippen LogP contribution in [0.1, 0.15) is 35.2 Å². The Bertz CT molecular complexity index is 977. The topological polar surface area (TPSA) is 55.8 Å². The first-order chi connectivity index (χ1) is 14.0. The Labute approximate surface area is 174 Å². The van der Waals surface area contributed by atoms with Crippen molar-refractivity contribution in [3.05, 3.63) is 64.7 Å². The number of amides is 1. The smallest absolute Gasteiger partial charge is 0.246 e. The number of carbonyl (C=O) groups is 2. The number of hydrogen-bond donors (Lipinski definition) is 0. The fourth-order valence-electron chi connectivity index (χ4n) is 3.90. The van der Waals surface area contributed by atoms with Gasteiger partial charge in [0, 0.05) is 37.0 Å². The third kappa shape index (κ3) is 4.15. The van der Waals surface area contributed by atoms with Crippen molar-refractivity contribution < 1.29 is 19.1 Å². The molecule has 4 rings (SSSR count). The lowest BCUT2D eigenvalue weighted by molar-refractivity contribution is -0.129. The molecule has 6 heteroatoms. The van der Waals surface area contributed by atoms with E-state index in [4.69, 9.17) is 21.1 Å². The molecule has 2 aromatic rings. The van der Waals surface area contributed by atoms with Gasteiger partial charge in [0.05, 0.1) is 19.1 Å². The third-order valence-corrected chi connectivity index (χ3v) is 5.78. The molecule has 1 amide bonds. The maximum absolute atomic E-state index is 12.7. The predicted molar refractivity (Wildman–Crippen MR) is 112 cm³/mol. The van der Waals surface area contributed by atoms with E-state index in [9.17, 15) is 9.59 Å². The summed E-state index contributed by atoms with van der Waals surface area (Å²) in [5.74, 6) is 1.25. The van der Waals surface area contributed by atoms with Crippen molar-refractivity contribution in [2.75, 3.05) is 20.2 Å². The Morgan fingerprint density at radius 2 is 2.00 bits per heavy atom. The van der Waals surface area contributed by atoms with Crippen LogP contribution in [-0.4, -0.2) is 42.4 Å². The highest BCUT2D eigenvalue weighted by Crippen LogP contribution is 2.40. The molecule has 2 heterocycles. The summed E-state index contributed by atoms with van der Waals surface area (Å²) < 4.78 is 11.5. The molecule has 0 aliphatic carbocycles. The molecular formula is C23H22ClNO4. The van der Waals surface area contributed by atoms with Crippen LogP contribution in [-0.2, 0) is 4.79 Å². The minimum Gasteiger partial charge on any atom is -0.497 e. The highest BCUT2D eigenvalue weighted by Gasteiger charge is 2.43. The van der Waals surface area contributed by atoms with E-state index in [-0.39, 0.29) is 11.7 Å². The molecule has 1 fully saturated rings. The number of fused-ring (bicyclic) bond motifs is 1. The van der Waals surface area contributed by atoms with Gasteiger partial charge in [0.2, 0.25) is 5.91 Å². The number of rotatable bonds is 3. The van der Waals surface area contributed by atoms with Gasteiger partial charge in [0.1, 0.15) is 17.1 Å². The number of methoxy groups -OCH3 is 1. The predicted octanol–water partition coefficient (Wildman–Crippen LogP) is 4.39. The fourth-order valence-corrected chi connectivity index (χ4v) is 4.10. The van der Waals surface area contributed by atoms with E-state index in [1.54, 1.807) is 48.4 Å². The van der Waals surface area contributed by atoms with E-state index in [1.807, 2.05) is 18.2 Å². The van der Waals surface area contributed by atoms with Gasteiger partial charge >= 0.3 is 0 Å². The number of piperidine rings is 1. The number of ketones is 1. The molecule has 2 aromatic carbocycles. The van der Waals surface area contributed by atoms with E-state index in [2.05, 4.69) is 0 Å². The Kier molecular flexibility index (Phi) is 5.33. The zero-order valence-corrected chi connectivity index (χ0v) is 16.9. The van der Waals surface area contributed by atoms with Crippen LogP contribution in [0.4, 0.5) is 0 Å². The summed E-state index contributed by atoms with van der Waals surface area (Å²) in [6.07, 6.45) is 4.91. The normalized spacial score (nSPS) is 17.9. The summed E-state index contributed by atoms with van der Waals surface area (Å²) in [5.41, 5.74) is 0.914. The standard InChI is InChI=1S/C23H22ClNO4/c1-28-18-6-7-21-19(14-18)20(26)15-23(29-21)9-11-25(12-10-23)22(27)8-5-16-3-2-4-17(24)13-16/h2-8,13-14H,9-12,15H2,1H3/b8-5+. The second-order valence-corrected chi connectivity index (χ2v) is 7.90. The Morgan fingerprint density at radius 1 is 1.21 bits per heavy atom. The van der Waals surface area contributed by atoms with Gasteiger partial charge in [0.15, 0.2) is 5.78 Å². The van der Waals surface area contributed by atoms with E-state index in [0.29, 0.717) is 54.4 Å². The van der Waals surface area contributed by atoms with E-state index in [0.717, 1.165) is 5.56 Å². The van der Waals surface area contributed by atoms with Gasteiger partial charge < -0.3 is 14.4 Å². The average Bonchev–Trinajstić information content (AvgIpc) is 2.72. The maximum Gasteiger partial charge on any atom is 0.246 e. The Morgan fingerprint density at radius 3 is 2.72 bits per heavy atom. The van der Waals surface area contributed by atoms with Crippen molar-refractivity contribution in [3.63, 3.8) is 0 Å². The molecule has 1 saturated heterocycles. The highest BCUT2D eigenvalue weighted by molar-refractivity contribution is 6.30. The Balaban J connectivity index is 1.41. The van der Waals surface area contributed by atoms with Crippen molar-refractivity contribution in [2.45, 2.75) is 24.9 Å². The van der Waals surface area contributed by atoms with Crippen molar-refractivity contribution in [1.82, 2.24) is 4.90 Å². The van der Waals surface area contributed by atoms with Gasteiger partial charge in [-0.05, 0) is 42.0 Å². The molecule has 0 saturated carbocycles. The largest absolute Gasteiger partial charge is 0.497 e. The van der Waals surface area contributed by atoms with E-state index < -0.39 is 5.60 Å². The number of Topliss-reactive ketones (excluding diaryl/α,β-unsaturated/α-hetero) is 1. The van der Waals surface area contributed by atoms with E-state index in [1.165, 1.54) is 0 Å². The van der Waals surface area contributed by atoms with E-state index >= 15 is 0 Å². The SMILES string of the molecule is COc1ccc2c(c1)C(=O)CC1(CCN(C(=O)/C=C/c3cccc(Cl)c3)CC1)O2. The van der Waals surface area contributed by atoms with Gasteiger partial charge in [-0.25, -0.2) is 0 Å². The van der Waals surface area contributed by atoms with Crippen molar-refractivity contribution >= 4 is 29.4 Å². The molecule has 29 heavy (non-hydrogen) atoms. The molecule has 2 aliphatic heterocycles. The van der Waals surface area contributed by atoms with Gasteiger partial charge in [-0.3, -0.25) is 9.59 Å². The fraction of sp³-hybridized carbons (Fsp3) is 0.304. The summed E-state index contributed by atoms with van der Waals surface area (Å²) in [6.45, 7) is 1.11. The number of benzene rings is 2. The van der Waals surface area contributed by atoms with Crippen molar-refractivity contribution in [2.24, 2.45) is 0 Å². The molecule has 0 bridgehead atoms. The minimum atomic E-state index is -0.536. The first kappa shape index (κ1) is 19.5. The molecule has 0 N–H and O–H groups in total. The van der Waals surface area contributed by atoms with Gasteiger partial charge in [-0.2, -0.15) is 0 Å². The minimum absolute atomic E-state index is 0.0490. The second kappa shape index (κ2) is 7.91. The molecular weight excluding hydrogens is 390 g/mol. The van der Waals surface area contributed by atoms with Gasteiger partial charge in [0.25, 0.3) is 0 Å². The third-order valence-electron chi connectivity index (χ3n) is 5.55. The lowest BCUT2D eigenvalue weighted by Crippen LogP contribution is -2.52. The number of carbonyl (C=O) groups excluding carboxylic acids is 2. The number of halogens is 1. The van der Waals surface area contributed by atoms with Gasteiger partial charge in [-0.1, -0.05) is 23.7 Å². The van der Waals surface area contributed by atoms with Crippen LogP contribution in [0.15, 0.2) is 48.5 Å². The lowest BCUT2D eigenvalue weighted by Gasteiger charge is -2.43. The Hall–Kier alpha value is -2.79. The number of ether oxygens (including phenoxy) is 2. The molecule has 2 aliphatic rings. The monoisotopic (exact) mass is 411 g/mol. The summed E-state index contributed by atoms with van der Waals surface area (Å²) in [5, 5.41) is 0.636. The molecule has 0 unspecified atom stereocenters. The molecule has 5 nitrogen and oxygen atoms in total. The summed E-state index contributed by atoms with van der Waals surface area (Å²) in [7, 11) is 1.57. The summed E-state index contributed by atoms with van der Waals surface area (Å²) in [6, 6.07) is 12.7. The lowest BCUT2D eigenvalue weighted by atomic mass is 9.82. The van der Waals surface area contributed by atoms with Crippen LogP contribution in [0.5, 0.6) is 11.5 Å². The summed E-state index contributed by atoms with van der Waals surface area (Å²) in [4.78, 5) is 27.0. The number of nitrogens with zero attached hydrogens (tertiary/aromatic N) is 1. The molecule has 1 spiro atoms. The van der Waals surface area contributed by atoms with Crippen LogP contribution in [0, 0.1) is 0 Å². The maximum atomic E-state index is 12.7. The van der Waals surface area contributed by atoms with Crippen LogP contribution in [0.25, 0.3) is 6.08 Å². The van der Waals surface area contributed by atoms with Crippen molar-refractivity contribution in [3.8, 4) is 11.5 Å². The van der Waals surface area contributed by atoms with Crippen LogP contribution >= 0.6 is 11.6 Å². The number of likely N-dealkylation sites (tertiary alicyclic amines) is 1. The van der Waals surface area contributed by atoms with Crippen LogP contribution < -0.4 is 9.47 Å². The first-order valence-corrected chi connectivity index (χ1v) is 9.99. The van der Waals surface area contributed by atoms with Crippen molar-refractivity contribution in [1.29, 1.82) is 0 Å². The quantitative estimate of drug-likeness (QED) is 0.703. The highest BCUT2D eigenvalue weighted by atomic mass is 35.5. The van der Waals surface area contributed by atoms with Crippen LogP contribution in [0.3, 0.4) is 0 Å². The molecule has 150 valence electrons. The molecule has 0 radical (unpaired) electrons. The summed E-state index contributed by atoms with van der Waals surface area (Å²) >= 11 is 5.98. The second-order valence-electron chi connectivity index (χ2n) is 7.46. The number of hydrogen-bond acceptors (Lipinski definition) is 4. The molecule has 0 atom stereocenters. The van der Waals surface area contributed by atoms with Gasteiger partial charge in [-0.15, -0.1) is 0 Å². The first-order valence-electron chi connectivity index (χ1n) is 9.61. The zero-order chi connectivity index (χ0) is 20.4. The van der Waals surface area contributed by atoms with Crippen LogP contribution in [0.2, 0.25) is 5.02 Å². The average molecular weight is 412 g/mol. The molecule has 0 aromatic heterocycles.